The molecule has 2 amide bonds. The highest BCUT2D eigenvalue weighted by Crippen LogP contribution is 2.37. The first-order valence-corrected chi connectivity index (χ1v) is 12.2. The molecule has 1 aliphatic heterocycles. The van der Waals surface area contributed by atoms with Crippen molar-refractivity contribution in [2.24, 2.45) is 5.92 Å². The minimum Gasteiger partial charge on any atom is -0.350 e. The summed E-state index contributed by atoms with van der Waals surface area (Å²) in [5, 5.41) is 2.86. The Morgan fingerprint density at radius 1 is 1.16 bits per heavy atom. The summed E-state index contributed by atoms with van der Waals surface area (Å²) < 4.78 is 28.7. The first-order valence-electron chi connectivity index (χ1n) is 10.7. The maximum atomic E-state index is 13.1. The number of anilines is 2. The number of benzene rings is 2. The Kier molecular flexibility index (Phi) is 5.75. The van der Waals surface area contributed by atoms with E-state index in [1.807, 2.05) is 13.8 Å². The molecule has 1 aliphatic carbocycles. The van der Waals surface area contributed by atoms with Crippen molar-refractivity contribution in [3.8, 4) is 0 Å². The van der Waals surface area contributed by atoms with Gasteiger partial charge in [0.1, 0.15) is 0 Å². The lowest BCUT2D eigenvalue weighted by Crippen LogP contribution is -2.32. The molecule has 8 heteroatoms. The highest BCUT2D eigenvalue weighted by molar-refractivity contribution is 7.92. The molecule has 0 saturated heterocycles. The predicted molar refractivity (Wildman–Crippen MR) is 120 cm³/mol. The molecule has 1 saturated carbocycles. The maximum Gasteiger partial charge on any atom is 0.261 e. The van der Waals surface area contributed by atoms with Gasteiger partial charge in [-0.25, -0.2) is 8.42 Å². The van der Waals surface area contributed by atoms with E-state index in [0.717, 1.165) is 30.5 Å². The van der Waals surface area contributed by atoms with Gasteiger partial charge in [0.2, 0.25) is 5.91 Å². The number of sulfonamides is 1. The van der Waals surface area contributed by atoms with Crippen molar-refractivity contribution in [1.29, 1.82) is 0 Å². The lowest BCUT2D eigenvalue weighted by atomic mass is 10.1. The first kappa shape index (κ1) is 21.4. The van der Waals surface area contributed by atoms with Gasteiger partial charge >= 0.3 is 0 Å². The van der Waals surface area contributed by atoms with Gasteiger partial charge in [0.05, 0.1) is 16.1 Å². The number of rotatable bonds is 7. The summed E-state index contributed by atoms with van der Waals surface area (Å²) in [5.41, 5.74) is 2.15. The van der Waals surface area contributed by atoms with Crippen LogP contribution in [-0.2, 0) is 21.2 Å². The molecule has 7 nitrogen and oxygen atoms in total. The zero-order valence-corrected chi connectivity index (χ0v) is 18.5. The van der Waals surface area contributed by atoms with E-state index in [2.05, 4.69) is 10.0 Å². The van der Waals surface area contributed by atoms with Crippen molar-refractivity contribution in [3.05, 3.63) is 53.6 Å². The van der Waals surface area contributed by atoms with E-state index >= 15 is 0 Å². The van der Waals surface area contributed by atoms with Crippen molar-refractivity contribution in [2.75, 3.05) is 16.2 Å². The summed E-state index contributed by atoms with van der Waals surface area (Å²) in [6, 6.07) is 11.4. The van der Waals surface area contributed by atoms with Gasteiger partial charge in [0, 0.05) is 24.2 Å². The van der Waals surface area contributed by atoms with Crippen LogP contribution < -0.4 is 14.9 Å². The lowest BCUT2D eigenvalue weighted by Gasteiger charge is -2.18. The number of hydrogen-bond donors (Lipinski definition) is 2. The predicted octanol–water partition coefficient (Wildman–Crippen LogP) is 3.31. The van der Waals surface area contributed by atoms with Crippen LogP contribution >= 0.6 is 0 Å². The topological polar surface area (TPSA) is 95.6 Å². The monoisotopic (exact) mass is 441 g/mol. The fraction of sp³-hybridized carbons (Fsp3) is 0.391. The number of para-hydroxylation sites is 1. The summed E-state index contributed by atoms with van der Waals surface area (Å²) >= 11 is 0. The average Bonchev–Trinajstić information content (AvgIpc) is 3.52. The van der Waals surface area contributed by atoms with E-state index in [4.69, 9.17) is 0 Å². The highest BCUT2D eigenvalue weighted by atomic mass is 32.2. The van der Waals surface area contributed by atoms with Crippen LogP contribution in [0.4, 0.5) is 11.4 Å². The van der Waals surface area contributed by atoms with Crippen molar-refractivity contribution in [1.82, 2.24) is 5.32 Å². The van der Waals surface area contributed by atoms with Crippen LogP contribution in [0.5, 0.6) is 0 Å². The molecule has 1 fully saturated rings. The van der Waals surface area contributed by atoms with Crippen molar-refractivity contribution < 1.29 is 18.0 Å². The second-order valence-corrected chi connectivity index (χ2v) is 9.92. The minimum absolute atomic E-state index is 0.0184. The molecule has 0 radical (unpaired) electrons. The summed E-state index contributed by atoms with van der Waals surface area (Å²) in [4.78, 5) is 26.9. The number of carbonyl (C=O) groups excluding carboxylic acids is 2. The molecule has 0 aromatic heterocycles. The van der Waals surface area contributed by atoms with E-state index in [-0.39, 0.29) is 39.9 Å². The Bertz CT molecular complexity index is 1130. The Morgan fingerprint density at radius 3 is 2.61 bits per heavy atom. The van der Waals surface area contributed by atoms with Crippen molar-refractivity contribution in [2.45, 2.75) is 50.5 Å². The van der Waals surface area contributed by atoms with Gasteiger partial charge in [-0.1, -0.05) is 19.1 Å². The second-order valence-electron chi connectivity index (χ2n) is 8.24. The molecular weight excluding hydrogens is 414 g/mol. The van der Waals surface area contributed by atoms with E-state index in [1.54, 1.807) is 41.3 Å². The molecule has 2 aromatic rings. The fourth-order valence-electron chi connectivity index (χ4n) is 3.70. The fourth-order valence-corrected chi connectivity index (χ4v) is 4.83. The molecule has 1 heterocycles. The third-order valence-corrected chi connectivity index (χ3v) is 7.22. The number of nitrogens with one attached hydrogen (secondary N) is 2. The third-order valence-electron chi connectivity index (χ3n) is 5.86. The zero-order valence-electron chi connectivity index (χ0n) is 17.7. The minimum atomic E-state index is -3.90. The van der Waals surface area contributed by atoms with Crippen LogP contribution in [0.1, 0.15) is 49.0 Å². The summed E-state index contributed by atoms with van der Waals surface area (Å²) in [6.45, 7) is 4.44. The van der Waals surface area contributed by atoms with Crippen LogP contribution in [0.15, 0.2) is 47.4 Å². The molecule has 2 aliphatic rings. The molecule has 4 rings (SSSR count). The summed E-state index contributed by atoms with van der Waals surface area (Å²) in [5.74, 6) is -0.0707. The molecule has 2 aromatic carbocycles. The average molecular weight is 442 g/mol. The Labute approximate surface area is 182 Å². The van der Waals surface area contributed by atoms with Crippen molar-refractivity contribution >= 4 is 33.2 Å². The van der Waals surface area contributed by atoms with Gasteiger partial charge in [-0.3, -0.25) is 14.3 Å². The van der Waals surface area contributed by atoms with E-state index in [1.165, 1.54) is 6.07 Å². The Morgan fingerprint density at radius 2 is 1.90 bits per heavy atom. The quantitative estimate of drug-likeness (QED) is 0.689. The number of nitrogens with zero attached hydrogens (tertiary/aromatic N) is 1. The van der Waals surface area contributed by atoms with Crippen LogP contribution in [-0.4, -0.2) is 32.8 Å². The molecule has 2 N–H and O–H groups in total. The number of fused-ring (bicyclic) bond motifs is 1. The van der Waals surface area contributed by atoms with Gasteiger partial charge in [0.15, 0.2) is 0 Å². The molecule has 1 atom stereocenters. The number of hydrogen-bond acceptors (Lipinski definition) is 4. The standard InChI is InChI=1S/C23H27N3O4S/c1-3-15(2)24-22(27)19-6-4-5-7-20(19)25-31(29,30)18-10-11-21-17(14-18)12-13-26(21)23(28)16-8-9-16/h4-7,10-11,14-16,25H,3,8-9,12-13H2,1-2H3,(H,24,27)/t15-/m0/s1. The van der Waals surface area contributed by atoms with E-state index in [0.29, 0.717) is 13.0 Å². The van der Waals surface area contributed by atoms with Gasteiger partial charge in [-0.15, -0.1) is 0 Å². The van der Waals surface area contributed by atoms with Gasteiger partial charge in [-0.05, 0) is 68.5 Å². The molecule has 0 unspecified atom stereocenters. The highest BCUT2D eigenvalue weighted by Gasteiger charge is 2.36. The van der Waals surface area contributed by atoms with Gasteiger partial charge in [-0.2, -0.15) is 0 Å². The molecule has 0 spiro atoms. The normalized spacial score (nSPS) is 16.5. The lowest BCUT2D eigenvalue weighted by molar-refractivity contribution is -0.119. The smallest absolute Gasteiger partial charge is 0.261 e. The SMILES string of the molecule is CC[C@H](C)NC(=O)c1ccccc1NS(=O)(=O)c1ccc2c(c1)CCN2C(=O)C1CC1. The summed E-state index contributed by atoms with van der Waals surface area (Å²) in [7, 11) is -3.90. The first-order chi connectivity index (χ1) is 14.8. The molecular formula is C23H27N3O4S. The Balaban J connectivity index is 1.57. The molecule has 31 heavy (non-hydrogen) atoms. The van der Waals surface area contributed by atoms with Crippen LogP contribution in [0, 0.1) is 5.92 Å². The summed E-state index contributed by atoms with van der Waals surface area (Å²) in [6.07, 6.45) is 3.27. The third kappa shape index (κ3) is 4.44. The van der Waals surface area contributed by atoms with Crippen LogP contribution in [0.25, 0.3) is 0 Å². The zero-order chi connectivity index (χ0) is 22.2. The molecule has 0 bridgehead atoms. The van der Waals surface area contributed by atoms with Gasteiger partial charge < -0.3 is 10.2 Å². The van der Waals surface area contributed by atoms with Gasteiger partial charge in [0.25, 0.3) is 15.9 Å². The van der Waals surface area contributed by atoms with E-state index in [9.17, 15) is 18.0 Å². The molecule has 164 valence electrons. The second kappa shape index (κ2) is 8.34. The number of carbonyl (C=O) groups is 2. The van der Waals surface area contributed by atoms with Crippen LogP contribution in [0.2, 0.25) is 0 Å². The van der Waals surface area contributed by atoms with Crippen LogP contribution in [0.3, 0.4) is 0 Å². The Hall–Kier alpha value is -2.87. The van der Waals surface area contributed by atoms with E-state index < -0.39 is 10.0 Å². The number of amides is 2. The largest absolute Gasteiger partial charge is 0.350 e. The van der Waals surface area contributed by atoms with Crippen molar-refractivity contribution in [3.63, 3.8) is 0 Å². The maximum absolute atomic E-state index is 13.1.